The Morgan fingerprint density at radius 3 is 3.27 bits per heavy atom. The first-order valence-corrected chi connectivity index (χ1v) is 3.07. The predicted molar refractivity (Wildman–Crippen MR) is 37.2 cm³/mol. The summed E-state index contributed by atoms with van der Waals surface area (Å²) < 4.78 is 4.79. The van der Waals surface area contributed by atoms with Crippen LogP contribution in [0.25, 0.3) is 11.2 Å². The molecule has 0 aliphatic carbocycles. The molecule has 0 aliphatic rings. The summed E-state index contributed by atoms with van der Waals surface area (Å²) in [5.41, 5.74) is 0.242. The fourth-order valence-corrected chi connectivity index (χ4v) is 0.883. The summed E-state index contributed by atoms with van der Waals surface area (Å²) in [5.74, 6) is 0.538. The van der Waals surface area contributed by atoms with Gasteiger partial charge < -0.3 is 9.40 Å². The van der Waals surface area contributed by atoms with Gasteiger partial charge in [0.05, 0.1) is 0 Å². The molecule has 2 rings (SSSR count). The Morgan fingerprint density at radius 1 is 1.64 bits per heavy atom. The van der Waals surface area contributed by atoms with Gasteiger partial charge in [-0.05, 0) is 6.92 Å². The first-order chi connectivity index (χ1) is 5.27. The van der Waals surface area contributed by atoms with Gasteiger partial charge in [0.1, 0.15) is 5.82 Å². The van der Waals surface area contributed by atoms with Gasteiger partial charge in [-0.3, -0.25) is 4.79 Å². The average Bonchev–Trinajstić information content (AvgIpc) is 2.34. The molecule has 0 aliphatic heterocycles. The third kappa shape index (κ3) is 0.813. The predicted octanol–water partition coefficient (Wildman–Crippen LogP) is 0.220. The van der Waals surface area contributed by atoms with Crippen molar-refractivity contribution in [2.24, 2.45) is 0 Å². The summed E-state index contributed by atoms with van der Waals surface area (Å²) >= 11 is 0. The highest BCUT2D eigenvalue weighted by molar-refractivity contribution is 5.65. The van der Waals surface area contributed by atoms with E-state index in [4.69, 9.17) is 4.42 Å². The molecule has 0 spiro atoms. The topological polar surface area (TPSA) is 71.8 Å². The highest BCUT2D eigenvalue weighted by Crippen LogP contribution is 2.01. The van der Waals surface area contributed by atoms with E-state index >= 15 is 0 Å². The monoisotopic (exact) mass is 151 g/mol. The van der Waals surface area contributed by atoms with Crippen LogP contribution in [0.15, 0.2) is 15.6 Å². The smallest absolute Gasteiger partial charge is 0.296 e. The molecular weight excluding hydrogens is 146 g/mol. The molecule has 2 heterocycles. The van der Waals surface area contributed by atoms with E-state index < -0.39 is 0 Å². The van der Waals surface area contributed by atoms with Crippen molar-refractivity contribution >= 4 is 11.2 Å². The van der Waals surface area contributed by atoms with Gasteiger partial charge in [0, 0.05) is 0 Å². The van der Waals surface area contributed by atoms with Crippen LogP contribution in [0.1, 0.15) is 5.82 Å². The number of rotatable bonds is 0. The van der Waals surface area contributed by atoms with Crippen molar-refractivity contribution < 1.29 is 4.42 Å². The van der Waals surface area contributed by atoms with Crippen LogP contribution in [0.3, 0.4) is 0 Å². The number of aromatic nitrogens is 3. The number of nitrogens with zero attached hydrogens (tertiary/aromatic N) is 2. The number of oxazole rings is 1. The summed E-state index contributed by atoms with van der Waals surface area (Å²) in [6, 6.07) is 0. The lowest BCUT2D eigenvalue weighted by Crippen LogP contribution is -2.08. The van der Waals surface area contributed by atoms with Gasteiger partial charge >= 0.3 is 0 Å². The Hall–Kier alpha value is -1.65. The number of aromatic amines is 1. The van der Waals surface area contributed by atoms with Gasteiger partial charge in [-0.2, -0.15) is 4.98 Å². The Morgan fingerprint density at radius 2 is 2.45 bits per heavy atom. The van der Waals surface area contributed by atoms with E-state index in [0.29, 0.717) is 11.5 Å². The van der Waals surface area contributed by atoms with Crippen LogP contribution in [0.2, 0.25) is 0 Å². The fraction of sp³-hybridized carbons (Fsp3) is 0.167. The standard InChI is InChI=1S/C6H5N3O2/c1-3-8-5-4(6(10)9-3)11-2-7-5/h2H,1H3,(H,8,9,10). The number of aryl methyl sites for hydroxylation is 1. The number of nitrogens with one attached hydrogen (secondary N) is 1. The van der Waals surface area contributed by atoms with Crippen molar-refractivity contribution in [3.63, 3.8) is 0 Å². The summed E-state index contributed by atoms with van der Waals surface area (Å²) in [6.45, 7) is 1.69. The molecule has 0 atom stereocenters. The molecule has 0 saturated carbocycles. The lowest BCUT2D eigenvalue weighted by atomic mass is 10.5. The minimum atomic E-state index is -0.287. The molecule has 0 bridgehead atoms. The number of H-pyrrole nitrogens is 1. The molecule has 0 aromatic carbocycles. The zero-order valence-corrected chi connectivity index (χ0v) is 5.79. The van der Waals surface area contributed by atoms with Gasteiger partial charge in [-0.15, -0.1) is 0 Å². The third-order valence-electron chi connectivity index (χ3n) is 1.32. The Balaban J connectivity index is 3.02. The normalized spacial score (nSPS) is 10.6. The molecule has 0 radical (unpaired) electrons. The van der Waals surface area contributed by atoms with Crippen molar-refractivity contribution in [2.45, 2.75) is 6.92 Å². The Labute approximate surface area is 61.1 Å². The third-order valence-corrected chi connectivity index (χ3v) is 1.32. The second-order valence-corrected chi connectivity index (χ2v) is 2.16. The van der Waals surface area contributed by atoms with Crippen LogP contribution < -0.4 is 5.56 Å². The van der Waals surface area contributed by atoms with Crippen LogP contribution in [0.5, 0.6) is 0 Å². The van der Waals surface area contributed by atoms with Crippen molar-refractivity contribution in [2.75, 3.05) is 0 Å². The molecule has 0 fully saturated rings. The van der Waals surface area contributed by atoms with E-state index in [2.05, 4.69) is 15.0 Å². The van der Waals surface area contributed by atoms with Gasteiger partial charge in [0.25, 0.3) is 5.56 Å². The zero-order chi connectivity index (χ0) is 7.84. The van der Waals surface area contributed by atoms with Crippen molar-refractivity contribution in [1.82, 2.24) is 15.0 Å². The summed E-state index contributed by atoms with van der Waals surface area (Å²) in [5, 5.41) is 0. The van der Waals surface area contributed by atoms with Gasteiger partial charge in [0.2, 0.25) is 11.2 Å². The summed E-state index contributed by atoms with van der Waals surface area (Å²) in [4.78, 5) is 21.2. The Bertz CT molecular complexity index is 442. The minimum absolute atomic E-state index is 0.176. The molecule has 0 saturated heterocycles. The fourth-order valence-electron chi connectivity index (χ4n) is 0.883. The molecule has 0 amide bonds. The average molecular weight is 151 g/mol. The lowest BCUT2D eigenvalue weighted by molar-refractivity contribution is 0.597. The highest BCUT2D eigenvalue weighted by atomic mass is 16.3. The second kappa shape index (κ2) is 1.91. The lowest BCUT2D eigenvalue weighted by Gasteiger charge is -1.87. The first-order valence-electron chi connectivity index (χ1n) is 3.07. The second-order valence-electron chi connectivity index (χ2n) is 2.16. The van der Waals surface area contributed by atoms with Crippen molar-refractivity contribution in [3.05, 3.63) is 22.6 Å². The molecule has 5 nitrogen and oxygen atoms in total. The van der Waals surface area contributed by atoms with E-state index in [-0.39, 0.29) is 11.1 Å². The SMILES string of the molecule is Cc1nc2ncoc2c(=O)[nH]1. The van der Waals surface area contributed by atoms with Crippen molar-refractivity contribution in [1.29, 1.82) is 0 Å². The van der Waals surface area contributed by atoms with Gasteiger partial charge in [-0.1, -0.05) is 0 Å². The van der Waals surface area contributed by atoms with Crippen LogP contribution in [-0.4, -0.2) is 15.0 Å². The quantitative estimate of drug-likeness (QED) is 0.584. The van der Waals surface area contributed by atoms with E-state index in [1.54, 1.807) is 6.92 Å². The molecule has 1 N–H and O–H groups in total. The minimum Gasteiger partial charge on any atom is -0.436 e. The van der Waals surface area contributed by atoms with Crippen LogP contribution >= 0.6 is 0 Å². The summed E-state index contributed by atoms with van der Waals surface area (Å²) in [7, 11) is 0. The van der Waals surface area contributed by atoms with E-state index in [9.17, 15) is 4.79 Å². The van der Waals surface area contributed by atoms with Crippen LogP contribution in [-0.2, 0) is 0 Å². The number of hydrogen-bond acceptors (Lipinski definition) is 4. The zero-order valence-electron chi connectivity index (χ0n) is 5.79. The maximum atomic E-state index is 11.0. The molecule has 11 heavy (non-hydrogen) atoms. The number of hydrogen-bond donors (Lipinski definition) is 1. The highest BCUT2D eigenvalue weighted by Gasteiger charge is 2.03. The van der Waals surface area contributed by atoms with E-state index in [0.717, 1.165) is 0 Å². The molecule has 56 valence electrons. The van der Waals surface area contributed by atoms with Crippen LogP contribution in [0, 0.1) is 6.92 Å². The molecule has 2 aromatic rings. The molecule has 2 aromatic heterocycles. The van der Waals surface area contributed by atoms with Crippen LogP contribution in [0.4, 0.5) is 0 Å². The van der Waals surface area contributed by atoms with E-state index in [1.165, 1.54) is 6.39 Å². The molecular formula is C6H5N3O2. The maximum absolute atomic E-state index is 11.0. The summed E-state index contributed by atoms with van der Waals surface area (Å²) in [6.07, 6.45) is 1.20. The number of fused-ring (bicyclic) bond motifs is 1. The van der Waals surface area contributed by atoms with Gasteiger partial charge in [-0.25, -0.2) is 4.98 Å². The largest absolute Gasteiger partial charge is 0.436 e. The van der Waals surface area contributed by atoms with E-state index in [1.807, 2.05) is 0 Å². The molecule has 5 heteroatoms. The maximum Gasteiger partial charge on any atom is 0.296 e. The Kier molecular flexibility index (Phi) is 1.06. The van der Waals surface area contributed by atoms with Gasteiger partial charge in [0.15, 0.2) is 6.39 Å². The molecule has 0 unspecified atom stereocenters. The first kappa shape index (κ1) is 6.09. The van der Waals surface area contributed by atoms with Crippen molar-refractivity contribution in [3.8, 4) is 0 Å².